The lowest BCUT2D eigenvalue weighted by molar-refractivity contribution is -0.192. The van der Waals surface area contributed by atoms with Crippen molar-refractivity contribution in [3.8, 4) is 0 Å². The van der Waals surface area contributed by atoms with Gasteiger partial charge in [-0.1, -0.05) is 23.7 Å². The summed E-state index contributed by atoms with van der Waals surface area (Å²) >= 11 is 6.15. The number of carboxylic acid groups (broad SMARTS) is 1. The highest BCUT2D eigenvalue weighted by Crippen LogP contribution is 2.27. The number of hydrogen-bond donors (Lipinski definition) is 3. The minimum Gasteiger partial charge on any atom is -0.475 e. The molecule has 1 aromatic heterocycles. The SMILES string of the molecule is O=C(O)C(F)(F)F.O=C1CCC[C@H](CNc2ccnc3c(Cl)cccc23)N1. The van der Waals surface area contributed by atoms with E-state index in [-0.39, 0.29) is 11.9 Å². The van der Waals surface area contributed by atoms with Gasteiger partial charge in [-0.2, -0.15) is 13.2 Å². The molecule has 1 aromatic carbocycles. The number of para-hydroxylation sites is 1. The van der Waals surface area contributed by atoms with E-state index in [1.54, 1.807) is 6.20 Å². The van der Waals surface area contributed by atoms with Gasteiger partial charge in [-0.15, -0.1) is 0 Å². The number of halogens is 4. The molecule has 2 heterocycles. The third kappa shape index (κ3) is 5.99. The number of amides is 1. The van der Waals surface area contributed by atoms with Crippen LogP contribution in [0.2, 0.25) is 5.02 Å². The molecule has 10 heteroatoms. The first-order valence-electron chi connectivity index (χ1n) is 8.05. The number of aliphatic carboxylic acids is 1. The van der Waals surface area contributed by atoms with Crippen LogP contribution in [-0.4, -0.2) is 40.7 Å². The van der Waals surface area contributed by atoms with Crippen LogP contribution in [0.1, 0.15) is 19.3 Å². The summed E-state index contributed by atoms with van der Waals surface area (Å²) in [5, 5.41) is 15.2. The molecule has 1 atom stereocenters. The van der Waals surface area contributed by atoms with E-state index in [9.17, 15) is 18.0 Å². The average molecular weight is 404 g/mol. The third-order valence-electron chi connectivity index (χ3n) is 3.82. The number of carboxylic acids is 1. The highest BCUT2D eigenvalue weighted by Gasteiger charge is 2.38. The minimum atomic E-state index is -5.08. The lowest BCUT2D eigenvalue weighted by Gasteiger charge is -2.24. The number of fused-ring (bicyclic) bond motifs is 1. The molecule has 1 fully saturated rings. The van der Waals surface area contributed by atoms with Crippen LogP contribution >= 0.6 is 11.6 Å². The Hall–Kier alpha value is -2.55. The van der Waals surface area contributed by atoms with Crippen LogP contribution < -0.4 is 10.6 Å². The van der Waals surface area contributed by atoms with Crippen molar-refractivity contribution in [2.45, 2.75) is 31.5 Å². The van der Waals surface area contributed by atoms with E-state index >= 15 is 0 Å². The number of pyridine rings is 1. The normalized spacial score (nSPS) is 16.9. The molecule has 6 nitrogen and oxygen atoms in total. The van der Waals surface area contributed by atoms with E-state index in [4.69, 9.17) is 21.5 Å². The molecule has 146 valence electrons. The highest BCUT2D eigenvalue weighted by molar-refractivity contribution is 6.35. The maximum atomic E-state index is 11.4. The number of alkyl halides is 3. The quantitative estimate of drug-likeness (QED) is 0.728. The number of rotatable bonds is 3. The lowest BCUT2D eigenvalue weighted by Crippen LogP contribution is -2.42. The van der Waals surface area contributed by atoms with Crippen molar-refractivity contribution in [3.63, 3.8) is 0 Å². The number of benzene rings is 1. The molecule has 0 radical (unpaired) electrons. The molecule has 0 spiro atoms. The molecular weight excluding hydrogens is 387 g/mol. The van der Waals surface area contributed by atoms with E-state index < -0.39 is 12.1 Å². The van der Waals surface area contributed by atoms with Crippen LogP contribution in [0.15, 0.2) is 30.5 Å². The van der Waals surface area contributed by atoms with Gasteiger partial charge in [-0.05, 0) is 25.0 Å². The van der Waals surface area contributed by atoms with Gasteiger partial charge in [0.2, 0.25) is 5.91 Å². The molecule has 1 amide bonds. The Balaban J connectivity index is 0.000000321. The van der Waals surface area contributed by atoms with Crippen molar-refractivity contribution in [2.75, 3.05) is 11.9 Å². The topological polar surface area (TPSA) is 91.3 Å². The molecule has 0 aliphatic carbocycles. The van der Waals surface area contributed by atoms with Gasteiger partial charge < -0.3 is 15.7 Å². The zero-order valence-electron chi connectivity index (χ0n) is 14.0. The average Bonchev–Trinajstić information content (AvgIpc) is 2.60. The molecule has 3 rings (SSSR count). The van der Waals surface area contributed by atoms with Crippen molar-refractivity contribution in [3.05, 3.63) is 35.5 Å². The maximum Gasteiger partial charge on any atom is 0.490 e. The maximum absolute atomic E-state index is 11.4. The molecule has 1 aliphatic rings. The van der Waals surface area contributed by atoms with Crippen LogP contribution in [0.5, 0.6) is 0 Å². The second kappa shape index (κ2) is 8.90. The zero-order chi connectivity index (χ0) is 20.0. The summed E-state index contributed by atoms with van der Waals surface area (Å²) in [4.78, 5) is 24.6. The summed E-state index contributed by atoms with van der Waals surface area (Å²) in [6.45, 7) is 0.720. The van der Waals surface area contributed by atoms with E-state index in [0.717, 1.165) is 36.0 Å². The molecule has 0 saturated carbocycles. The Morgan fingerprint density at radius 3 is 2.70 bits per heavy atom. The summed E-state index contributed by atoms with van der Waals surface area (Å²) in [5.74, 6) is -2.61. The van der Waals surface area contributed by atoms with Crippen LogP contribution in [0.3, 0.4) is 0 Å². The number of carbonyl (C=O) groups is 2. The van der Waals surface area contributed by atoms with E-state index in [1.807, 2.05) is 24.3 Å². The predicted octanol–water partition coefficient (Wildman–Crippen LogP) is 3.60. The number of nitrogens with one attached hydrogen (secondary N) is 2. The highest BCUT2D eigenvalue weighted by atomic mass is 35.5. The summed E-state index contributed by atoms with van der Waals surface area (Å²) in [6, 6.07) is 7.87. The fourth-order valence-corrected chi connectivity index (χ4v) is 2.78. The Bertz CT molecular complexity index is 830. The smallest absolute Gasteiger partial charge is 0.475 e. The van der Waals surface area contributed by atoms with Crippen LogP contribution in [0, 0.1) is 0 Å². The molecule has 0 unspecified atom stereocenters. The fourth-order valence-electron chi connectivity index (χ4n) is 2.56. The fraction of sp³-hybridized carbons (Fsp3) is 0.353. The van der Waals surface area contributed by atoms with Crippen molar-refractivity contribution in [1.82, 2.24) is 10.3 Å². The summed E-state index contributed by atoms with van der Waals surface area (Å²) < 4.78 is 31.7. The molecule has 2 aromatic rings. The van der Waals surface area contributed by atoms with Crippen molar-refractivity contribution < 1.29 is 27.9 Å². The molecule has 1 aliphatic heterocycles. The Labute approximate surface area is 157 Å². The number of piperidine rings is 1. The Kier molecular flexibility index (Phi) is 6.84. The largest absolute Gasteiger partial charge is 0.490 e. The van der Waals surface area contributed by atoms with Gasteiger partial charge in [-0.3, -0.25) is 9.78 Å². The van der Waals surface area contributed by atoms with E-state index in [2.05, 4.69) is 15.6 Å². The van der Waals surface area contributed by atoms with Gasteiger partial charge in [0.15, 0.2) is 0 Å². The van der Waals surface area contributed by atoms with Crippen molar-refractivity contribution >= 4 is 40.1 Å². The molecular formula is C17H17ClF3N3O3. The van der Waals surface area contributed by atoms with Crippen LogP contribution in [0.25, 0.3) is 10.9 Å². The summed E-state index contributed by atoms with van der Waals surface area (Å²) in [5.41, 5.74) is 1.80. The number of hydrogen-bond acceptors (Lipinski definition) is 4. The first-order chi connectivity index (χ1) is 12.7. The monoisotopic (exact) mass is 403 g/mol. The molecule has 27 heavy (non-hydrogen) atoms. The standard InChI is InChI=1S/C15H16ClN3O.C2HF3O2/c16-12-5-2-4-11-13(7-8-17-15(11)12)18-9-10-3-1-6-14(20)19-10;3-2(4,5)1(6)7/h2,4-5,7-8,10H,1,3,6,9H2,(H,17,18)(H,19,20);(H,6,7)/t10-;/m1./s1. The Morgan fingerprint density at radius 2 is 2.07 bits per heavy atom. The number of aromatic nitrogens is 1. The lowest BCUT2D eigenvalue weighted by atomic mass is 10.0. The zero-order valence-corrected chi connectivity index (χ0v) is 14.8. The third-order valence-corrected chi connectivity index (χ3v) is 4.13. The number of nitrogens with zero attached hydrogens (tertiary/aromatic N) is 1. The van der Waals surface area contributed by atoms with Gasteiger partial charge in [0.25, 0.3) is 0 Å². The molecule has 3 N–H and O–H groups in total. The predicted molar refractivity (Wildman–Crippen MR) is 94.7 cm³/mol. The van der Waals surface area contributed by atoms with Gasteiger partial charge in [-0.25, -0.2) is 4.79 Å². The van der Waals surface area contributed by atoms with Crippen LogP contribution in [0.4, 0.5) is 18.9 Å². The Morgan fingerprint density at radius 1 is 1.37 bits per heavy atom. The van der Waals surface area contributed by atoms with E-state index in [1.165, 1.54) is 0 Å². The minimum absolute atomic E-state index is 0.144. The van der Waals surface area contributed by atoms with Gasteiger partial charge in [0.05, 0.1) is 10.5 Å². The summed E-state index contributed by atoms with van der Waals surface area (Å²) in [7, 11) is 0. The molecule has 0 bridgehead atoms. The first kappa shape index (κ1) is 20.8. The number of carbonyl (C=O) groups excluding carboxylic acids is 1. The second-order valence-electron chi connectivity index (χ2n) is 5.83. The molecule has 1 saturated heterocycles. The van der Waals surface area contributed by atoms with Gasteiger partial charge >= 0.3 is 12.1 Å². The summed E-state index contributed by atoms with van der Waals surface area (Å²) in [6.07, 6.45) is -0.718. The van der Waals surface area contributed by atoms with Crippen molar-refractivity contribution in [2.24, 2.45) is 0 Å². The van der Waals surface area contributed by atoms with Crippen molar-refractivity contribution in [1.29, 1.82) is 0 Å². The van der Waals surface area contributed by atoms with Gasteiger partial charge in [0.1, 0.15) is 0 Å². The van der Waals surface area contributed by atoms with Crippen LogP contribution in [-0.2, 0) is 9.59 Å². The van der Waals surface area contributed by atoms with Gasteiger partial charge in [0, 0.05) is 36.3 Å². The number of anilines is 1. The first-order valence-corrected chi connectivity index (χ1v) is 8.43. The van der Waals surface area contributed by atoms with E-state index in [0.29, 0.717) is 11.4 Å². The second-order valence-corrected chi connectivity index (χ2v) is 6.24.